The predicted octanol–water partition coefficient (Wildman–Crippen LogP) is 3.29. The summed E-state index contributed by atoms with van der Waals surface area (Å²) in [4.78, 5) is 1.47. The molecule has 1 aromatic heterocycles. The van der Waals surface area contributed by atoms with Crippen LogP contribution in [0.15, 0.2) is 6.07 Å². The van der Waals surface area contributed by atoms with Crippen molar-refractivity contribution >= 4 is 22.9 Å². The van der Waals surface area contributed by atoms with Crippen LogP contribution in [0.5, 0.6) is 0 Å². The monoisotopic (exact) mass is 171 g/mol. The van der Waals surface area contributed by atoms with Crippen molar-refractivity contribution < 1.29 is 0 Å². The molecule has 1 aliphatic carbocycles. The van der Waals surface area contributed by atoms with Gasteiger partial charge in [0.1, 0.15) is 0 Å². The van der Waals surface area contributed by atoms with E-state index in [0.717, 1.165) is 4.34 Å². The fourth-order valence-corrected chi connectivity index (χ4v) is 2.62. The largest absolute Gasteiger partial charge is 0.128 e. The van der Waals surface area contributed by atoms with Crippen molar-refractivity contribution in [1.82, 2.24) is 0 Å². The molecule has 0 saturated heterocycles. The second-order valence-corrected chi connectivity index (χ2v) is 4.29. The van der Waals surface area contributed by atoms with Gasteiger partial charge in [-0.15, -0.1) is 11.3 Å². The molecule has 0 bridgehead atoms. The van der Waals surface area contributed by atoms with Crippen LogP contribution in [0.3, 0.4) is 0 Å². The zero-order valence-corrected chi connectivity index (χ0v) is 7.13. The third kappa shape index (κ3) is 1.08. The van der Waals surface area contributed by atoms with Gasteiger partial charge < -0.3 is 0 Å². The van der Waals surface area contributed by atoms with Gasteiger partial charge in [0.25, 0.3) is 0 Å². The van der Waals surface area contributed by atoms with Crippen molar-refractivity contribution in [3.05, 3.63) is 27.3 Å². The van der Waals surface area contributed by atoms with E-state index in [0.29, 0.717) is 0 Å². The third-order valence-electron chi connectivity index (χ3n) is 1.78. The number of rotatable bonds is 0. The Kier molecular flexibility index (Phi) is 1.71. The molecule has 0 fully saturated rings. The summed E-state index contributed by atoms with van der Waals surface area (Å²) in [5.41, 5.74) is 1.38. The first-order valence-corrected chi connectivity index (χ1v) is 4.67. The van der Waals surface area contributed by atoms with E-state index in [1.54, 1.807) is 11.3 Å². The Balaban J connectivity index is 2.41. The molecule has 1 aromatic rings. The molecule has 10 heavy (non-hydrogen) atoms. The highest BCUT2D eigenvalue weighted by molar-refractivity contribution is 7.16. The van der Waals surface area contributed by atoms with Gasteiger partial charge in [0.15, 0.2) is 0 Å². The van der Waals surface area contributed by atoms with E-state index in [-0.39, 0.29) is 0 Å². The van der Waals surface area contributed by atoms with Crippen molar-refractivity contribution in [2.24, 2.45) is 0 Å². The fraction of sp³-hybridized carbons (Fsp3) is 0.375. The van der Waals surface area contributed by atoms with Gasteiger partial charge in [0.2, 0.25) is 0 Å². The zero-order valence-electron chi connectivity index (χ0n) is 5.56. The van der Waals surface area contributed by atoms with Gasteiger partial charge in [-0.1, -0.05) is 11.6 Å². The van der Waals surface area contributed by atoms with Crippen LogP contribution in [0.25, 0.3) is 0 Å². The summed E-state index contributed by atoms with van der Waals surface area (Å²) < 4.78 is 0.933. The molecule has 53 valence electrons. The molecule has 0 spiro atoms. The quantitative estimate of drug-likeness (QED) is 0.562. The number of aryl methyl sites for hydroxylation is 1. The lowest BCUT2D eigenvalue weighted by Crippen LogP contribution is -1.94. The lowest BCUT2D eigenvalue weighted by Gasteiger charge is -2.07. The van der Waals surface area contributed by atoms with E-state index >= 15 is 0 Å². The topological polar surface area (TPSA) is 0 Å². The Labute approximate surface area is 69.8 Å². The first kappa shape index (κ1) is 6.68. The van der Waals surface area contributed by atoms with Gasteiger partial charge >= 0.3 is 0 Å². The summed E-state index contributed by atoms with van der Waals surface area (Å²) >= 11 is 7.57. The lowest BCUT2D eigenvalue weighted by atomic mass is 10.00. The molecule has 0 atom stereocenters. The molecule has 0 amide bonds. The van der Waals surface area contributed by atoms with Crippen molar-refractivity contribution in [2.75, 3.05) is 0 Å². The van der Waals surface area contributed by atoms with Crippen LogP contribution in [0.4, 0.5) is 0 Å². The molecule has 1 heterocycles. The molecule has 2 heteroatoms. The average molecular weight is 172 g/mol. The van der Waals surface area contributed by atoms with E-state index in [2.05, 4.69) is 12.5 Å². The average Bonchev–Trinajstić information content (AvgIpc) is 2.27. The summed E-state index contributed by atoms with van der Waals surface area (Å²) in [5, 5.41) is 0. The van der Waals surface area contributed by atoms with Crippen molar-refractivity contribution in [2.45, 2.75) is 19.3 Å². The normalized spacial score (nSPS) is 16.9. The SMILES string of the molecule is Clc1cc2c(s1)CCC[CH]2. The maximum atomic E-state index is 5.85. The highest BCUT2D eigenvalue weighted by atomic mass is 35.5. The number of hydrogen-bond donors (Lipinski definition) is 0. The first-order chi connectivity index (χ1) is 4.86. The Morgan fingerprint density at radius 2 is 2.40 bits per heavy atom. The van der Waals surface area contributed by atoms with Crippen LogP contribution < -0.4 is 0 Å². The van der Waals surface area contributed by atoms with Crippen molar-refractivity contribution in [3.8, 4) is 0 Å². The number of hydrogen-bond acceptors (Lipinski definition) is 1. The summed E-state index contributed by atoms with van der Waals surface area (Å²) in [6.45, 7) is 0. The second-order valence-electron chi connectivity index (χ2n) is 2.53. The zero-order chi connectivity index (χ0) is 6.97. The number of halogens is 1. The van der Waals surface area contributed by atoms with Crippen molar-refractivity contribution in [1.29, 1.82) is 0 Å². The van der Waals surface area contributed by atoms with Crippen LogP contribution >= 0.6 is 22.9 Å². The molecular formula is C8H8ClS. The Hall–Kier alpha value is -0.0100. The minimum Gasteiger partial charge on any atom is -0.128 e. The van der Waals surface area contributed by atoms with E-state index in [4.69, 9.17) is 11.6 Å². The minimum absolute atomic E-state index is 0.933. The van der Waals surface area contributed by atoms with E-state index in [9.17, 15) is 0 Å². The van der Waals surface area contributed by atoms with Gasteiger partial charge in [0.05, 0.1) is 4.34 Å². The molecule has 1 aliphatic rings. The molecule has 0 N–H and O–H groups in total. The summed E-state index contributed by atoms with van der Waals surface area (Å²) in [7, 11) is 0. The van der Waals surface area contributed by atoms with Crippen LogP contribution in [-0.4, -0.2) is 0 Å². The molecular weight excluding hydrogens is 164 g/mol. The van der Waals surface area contributed by atoms with E-state index < -0.39 is 0 Å². The number of fused-ring (bicyclic) bond motifs is 1. The number of thiophene rings is 1. The molecule has 0 nitrogen and oxygen atoms in total. The summed E-state index contributed by atoms with van der Waals surface area (Å²) in [5.74, 6) is 0. The Morgan fingerprint density at radius 1 is 1.50 bits per heavy atom. The van der Waals surface area contributed by atoms with Gasteiger partial charge in [0, 0.05) is 4.88 Å². The molecule has 0 unspecified atom stereocenters. The summed E-state index contributed by atoms with van der Waals surface area (Å²) in [6, 6.07) is 2.07. The second kappa shape index (κ2) is 2.55. The highest BCUT2D eigenvalue weighted by Gasteiger charge is 2.11. The standard InChI is InChI=1S/C8H8ClS/c9-8-5-6-3-1-2-4-7(6)10-8/h3,5H,1-2,4H2. The third-order valence-corrected chi connectivity index (χ3v) is 3.12. The molecule has 0 aromatic carbocycles. The molecule has 1 radical (unpaired) electrons. The molecule has 0 saturated carbocycles. The lowest BCUT2D eigenvalue weighted by molar-refractivity contribution is 0.789. The maximum Gasteiger partial charge on any atom is 0.0934 e. The summed E-state index contributed by atoms with van der Waals surface area (Å²) in [6.07, 6.45) is 6.02. The first-order valence-electron chi connectivity index (χ1n) is 3.48. The molecule has 0 aliphatic heterocycles. The van der Waals surface area contributed by atoms with E-state index in [1.807, 2.05) is 0 Å². The van der Waals surface area contributed by atoms with E-state index in [1.165, 1.54) is 29.7 Å². The van der Waals surface area contributed by atoms with Gasteiger partial charge in [-0.25, -0.2) is 0 Å². The van der Waals surface area contributed by atoms with Crippen molar-refractivity contribution in [3.63, 3.8) is 0 Å². The van der Waals surface area contributed by atoms with Crippen LogP contribution in [-0.2, 0) is 6.42 Å². The Bertz CT molecular complexity index is 216. The molecule has 2 rings (SSSR count). The predicted molar refractivity (Wildman–Crippen MR) is 45.7 cm³/mol. The smallest absolute Gasteiger partial charge is 0.0934 e. The Morgan fingerprint density at radius 3 is 3.20 bits per heavy atom. The van der Waals surface area contributed by atoms with Gasteiger partial charge in [-0.2, -0.15) is 0 Å². The fourth-order valence-electron chi connectivity index (χ4n) is 1.30. The van der Waals surface area contributed by atoms with Crippen LogP contribution in [0.1, 0.15) is 23.3 Å². The minimum atomic E-state index is 0.933. The maximum absolute atomic E-state index is 5.85. The van der Waals surface area contributed by atoms with Crippen LogP contribution in [0.2, 0.25) is 4.34 Å². The van der Waals surface area contributed by atoms with Gasteiger partial charge in [-0.3, -0.25) is 0 Å². The highest BCUT2D eigenvalue weighted by Crippen LogP contribution is 2.33. The van der Waals surface area contributed by atoms with Crippen LogP contribution in [0, 0.1) is 6.42 Å². The van der Waals surface area contributed by atoms with Gasteiger partial charge in [-0.05, 0) is 37.3 Å².